The molecule has 0 aliphatic carbocycles. The second-order valence-corrected chi connectivity index (χ2v) is 6.57. The Hall–Kier alpha value is -1.66. The molecule has 0 aromatic heterocycles. The summed E-state index contributed by atoms with van der Waals surface area (Å²) in [6.45, 7) is 3.71. The van der Waals surface area contributed by atoms with Gasteiger partial charge in [-0.05, 0) is 49.2 Å². The maximum atomic E-state index is 5.12. The third-order valence-electron chi connectivity index (χ3n) is 3.03. The van der Waals surface area contributed by atoms with Crippen LogP contribution >= 0.6 is 31.9 Å². The minimum absolute atomic E-state index is 0.0399. The van der Waals surface area contributed by atoms with Gasteiger partial charge in [-0.25, -0.2) is 0 Å². The minimum Gasteiger partial charge on any atom is -0.352 e. The highest BCUT2D eigenvalue weighted by Gasteiger charge is 1.99. The van der Waals surface area contributed by atoms with Crippen LogP contribution in [-0.2, 0) is 9.68 Å². The van der Waals surface area contributed by atoms with Crippen molar-refractivity contribution in [2.24, 2.45) is 10.3 Å². The van der Waals surface area contributed by atoms with Crippen LogP contribution in [0.25, 0.3) is 0 Å². The van der Waals surface area contributed by atoms with Crippen LogP contribution in [0.15, 0.2) is 67.8 Å². The fraction of sp³-hybridized carbons (Fsp3) is 0.176. The molecule has 120 valence electrons. The third kappa shape index (κ3) is 5.80. The Labute approximate surface area is 152 Å². The van der Waals surface area contributed by atoms with Gasteiger partial charge < -0.3 is 9.68 Å². The first-order valence-electron chi connectivity index (χ1n) is 6.91. The van der Waals surface area contributed by atoms with Crippen LogP contribution in [0, 0.1) is 0 Å². The number of rotatable bonds is 6. The lowest BCUT2D eigenvalue weighted by Crippen LogP contribution is -2.00. The largest absolute Gasteiger partial charge is 0.352 e. The van der Waals surface area contributed by atoms with Gasteiger partial charge in [-0.1, -0.05) is 66.4 Å². The summed E-state index contributed by atoms with van der Waals surface area (Å²) in [5, 5.41) is 8.01. The monoisotopic (exact) mass is 438 g/mol. The van der Waals surface area contributed by atoms with Crippen molar-refractivity contribution in [2.45, 2.75) is 13.8 Å². The van der Waals surface area contributed by atoms with Crippen molar-refractivity contribution < 1.29 is 9.68 Å². The van der Waals surface area contributed by atoms with Crippen LogP contribution in [0.3, 0.4) is 0 Å². The lowest BCUT2D eigenvalue weighted by atomic mass is 10.1. The summed E-state index contributed by atoms with van der Waals surface area (Å²) in [6, 6.07) is 15.7. The molecule has 4 nitrogen and oxygen atoms in total. The number of halogens is 2. The standard InChI is InChI=1S/C17H16Br2N2O2/c1-12(14-3-7-16(18)8-4-14)20-22-11-23-21-13(2)15-5-9-17(19)10-6-15/h3-10H,11H2,1-2H3/b20-12+,21-13+. The Balaban J connectivity index is 1.82. The van der Waals surface area contributed by atoms with Crippen molar-refractivity contribution in [3.05, 3.63) is 68.6 Å². The molecule has 0 atom stereocenters. The number of benzene rings is 2. The van der Waals surface area contributed by atoms with Crippen LogP contribution in [0.4, 0.5) is 0 Å². The molecule has 0 radical (unpaired) electrons. The van der Waals surface area contributed by atoms with Gasteiger partial charge >= 0.3 is 0 Å². The molecule has 2 rings (SSSR count). The maximum absolute atomic E-state index is 5.12. The van der Waals surface area contributed by atoms with E-state index in [2.05, 4.69) is 42.2 Å². The molecule has 0 N–H and O–H groups in total. The SMILES string of the molecule is C/C(=N\OCO/N=C(\C)c1ccc(Br)cc1)c1ccc(Br)cc1. The molecule has 0 amide bonds. The van der Waals surface area contributed by atoms with Gasteiger partial charge in [0.05, 0.1) is 11.4 Å². The summed E-state index contributed by atoms with van der Waals surface area (Å²) < 4.78 is 2.05. The number of oxime groups is 2. The van der Waals surface area contributed by atoms with Gasteiger partial charge in [-0.2, -0.15) is 0 Å². The summed E-state index contributed by atoms with van der Waals surface area (Å²) in [6.07, 6.45) is 0. The summed E-state index contributed by atoms with van der Waals surface area (Å²) in [7, 11) is 0. The maximum Gasteiger partial charge on any atom is 0.280 e. The van der Waals surface area contributed by atoms with E-state index in [0.717, 1.165) is 31.5 Å². The molecule has 23 heavy (non-hydrogen) atoms. The van der Waals surface area contributed by atoms with Crippen LogP contribution < -0.4 is 0 Å². The number of hydrogen-bond donors (Lipinski definition) is 0. The van der Waals surface area contributed by atoms with E-state index in [1.54, 1.807) is 0 Å². The molecular weight excluding hydrogens is 424 g/mol. The molecule has 0 spiro atoms. The van der Waals surface area contributed by atoms with Crippen molar-refractivity contribution in [1.82, 2.24) is 0 Å². The first-order chi connectivity index (χ1) is 11.1. The fourth-order valence-electron chi connectivity index (χ4n) is 1.76. The van der Waals surface area contributed by atoms with E-state index in [1.807, 2.05) is 62.4 Å². The first-order valence-corrected chi connectivity index (χ1v) is 8.50. The molecule has 0 saturated heterocycles. The average Bonchev–Trinajstić information content (AvgIpc) is 2.55. The molecule has 2 aromatic carbocycles. The molecule has 0 bridgehead atoms. The second kappa shape index (κ2) is 8.84. The molecule has 0 saturated carbocycles. The summed E-state index contributed by atoms with van der Waals surface area (Å²) in [4.78, 5) is 10.2. The van der Waals surface area contributed by atoms with Gasteiger partial charge in [0.1, 0.15) is 0 Å². The van der Waals surface area contributed by atoms with Gasteiger partial charge in [0.15, 0.2) is 0 Å². The number of hydrogen-bond acceptors (Lipinski definition) is 4. The Kier molecular flexibility index (Phi) is 6.80. The summed E-state index contributed by atoms with van der Waals surface area (Å²) in [5.74, 6) is 0. The molecule has 6 heteroatoms. The van der Waals surface area contributed by atoms with Gasteiger partial charge in [0.25, 0.3) is 6.79 Å². The Morgan fingerprint density at radius 1 is 0.739 bits per heavy atom. The second-order valence-electron chi connectivity index (χ2n) is 4.74. The van der Waals surface area contributed by atoms with Crippen LogP contribution in [0.5, 0.6) is 0 Å². The molecule has 0 heterocycles. The Morgan fingerprint density at radius 3 is 1.43 bits per heavy atom. The molecule has 0 aliphatic heterocycles. The lowest BCUT2D eigenvalue weighted by molar-refractivity contribution is -0.0505. The zero-order valence-electron chi connectivity index (χ0n) is 12.8. The van der Waals surface area contributed by atoms with Gasteiger partial charge in [0.2, 0.25) is 0 Å². The van der Waals surface area contributed by atoms with Crippen molar-refractivity contribution >= 4 is 43.3 Å². The topological polar surface area (TPSA) is 43.2 Å². The fourth-order valence-corrected chi connectivity index (χ4v) is 2.29. The average molecular weight is 440 g/mol. The van der Waals surface area contributed by atoms with Crippen molar-refractivity contribution in [1.29, 1.82) is 0 Å². The van der Waals surface area contributed by atoms with Gasteiger partial charge in [-0.15, -0.1) is 0 Å². The first kappa shape index (κ1) is 17.7. The van der Waals surface area contributed by atoms with E-state index in [0.29, 0.717) is 0 Å². The van der Waals surface area contributed by atoms with Crippen molar-refractivity contribution in [2.75, 3.05) is 6.79 Å². The van der Waals surface area contributed by atoms with Crippen molar-refractivity contribution in [3.63, 3.8) is 0 Å². The van der Waals surface area contributed by atoms with E-state index < -0.39 is 0 Å². The van der Waals surface area contributed by atoms with E-state index in [1.165, 1.54) is 0 Å². The Bertz CT molecular complexity index is 634. The molecular formula is C17H16Br2N2O2. The predicted molar refractivity (Wildman–Crippen MR) is 99.7 cm³/mol. The van der Waals surface area contributed by atoms with Crippen molar-refractivity contribution in [3.8, 4) is 0 Å². The number of nitrogens with zero attached hydrogens (tertiary/aromatic N) is 2. The highest BCUT2D eigenvalue weighted by Crippen LogP contribution is 2.12. The highest BCUT2D eigenvalue weighted by atomic mass is 79.9. The normalized spacial score (nSPS) is 12.2. The highest BCUT2D eigenvalue weighted by molar-refractivity contribution is 9.10. The van der Waals surface area contributed by atoms with Crippen LogP contribution in [0.2, 0.25) is 0 Å². The third-order valence-corrected chi connectivity index (χ3v) is 4.09. The quantitative estimate of drug-likeness (QED) is 0.263. The van der Waals surface area contributed by atoms with E-state index >= 15 is 0 Å². The van der Waals surface area contributed by atoms with E-state index in [4.69, 9.17) is 9.68 Å². The lowest BCUT2D eigenvalue weighted by Gasteiger charge is -2.03. The molecule has 0 fully saturated rings. The smallest absolute Gasteiger partial charge is 0.280 e. The predicted octanol–water partition coefficient (Wildman–Crippen LogP) is 5.35. The molecule has 0 unspecified atom stereocenters. The zero-order valence-corrected chi connectivity index (χ0v) is 16.0. The summed E-state index contributed by atoms with van der Waals surface area (Å²) in [5.41, 5.74) is 3.52. The van der Waals surface area contributed by atoms with E-state index in [9.17, 15) is 0 Å². The van der Waals surface area contributed by atoms with Gasteiger partial charge in [0, 0.05) is 8.95 Å². The van der Waals surface area contributed by atoms with Gasteiger partial charge in [-0.3, -0.25) is 0 Å². The van der Waals surface area contributed by atoms with Crippen LogP contribution in [-0.4, -0.2) is 18.2 Å². The molecule has 0 aliphatic rings. The minimum atomic E-state index is -0.0399. The molecule has 2 aromatic rings. The zero-order chi connectivity index (χ0) is 16.7. The van der Waals surface area contributed by atoms with Crippen LogP contribution in [0.1, 0.15) is 25.0 Å². The van der Waals surface area contributed by atoms with E-state index in [-0.39, 0.29) is 6.79 Å². The summed E-state index contributed by atoms with van der Waals surface area (Å²) >= 11 is 6.79. The Morgan fingerprint density at radius 2 is 1.09 bits per heavy atom.